The van der Waals surface area contributed by atoms with E-state index in [2.05, 4.69) is 31.3 Å². The largest absolute Gasteiger partial charge is 0.444 e. The molecule has 6 nitrogen and oxygen atoms in total. The lowest BCUT2D eigenvalue weighted by Crippen LogP contribution is -2.14. The van der Waals surface area contributed by atoms with E-state index < -0.39 is 6.09 Å². The third-order valence-corrected chi connectivity index (χ3v) is 3.34. The predicted octanol–water partition coefficient (Wildman–Crippen LogP) is 3.24. The van der Waals surface area contributed by atoms with Gasteiger partial charge in [0.05, 0.1) is 0 Å². The van der Waals surface area contributed by atoms with Crippen LogP contribution in [0.4, 0.5) is 10.7 Å². The van der Waals surface area contributed by atoms with Gasteiger partial charge in [-0.3, -0.25) is 5.32 Å². The molecule has 21 heavy (non-hydrogen) atoms. The Morgan fingerprint density at radius 1 is 1.19 bits per heavy atom. The van der Waals surface area contributed by atoms with Gasteiger partial charge in [-0.2, -0.15) is 4.98 Å². The number of benzene rings is 1. The smallest absolute Gasteiger partial charge is 0.414 e. The van der Waals surface area contributed by atoms with E-state index in [1.54, 1.807) is 10.6 Å². The maximum atomic E-state index is 11.7. The zero-order valence-electron chi connectivity index (χ0n) is 10.9. The van der Waals surface area contributed by atoms with Crippen LogP contribution in [0.25, 0.3) is 5.65 Å². The monoisotopic (exact) mass is 346 g/mol. The summed E-state index contributed by atoms with van der Waals surface area (Å²) in [5, 5.41) is 6.66. The van der Waals surface area contributed by atoms with Crippen LogP contribution in [0.2, 0.25) is 0 Å². The number of amides is 1. The number of carbonyl (C=O) groups is 1. The summed E-state index contributed by atoms with van der Waals surface area (Å²) in [6.07, 6.45) is -0.592. The summed E-state index contributed by atoms with van der Waals surface area (Å²) in [4.78, 5) is 15.9. The van der Waals surface area contributed by atoms with Crippen LogP contribution >= 0.6 is 15.9 Å². The van der Waals surface area contributed by atoms with Crippen molar-refractivity contribution in [2.24, 2.45) is 0 Å². The summed E-state index contributed by atoms with van der Waals surface area (Å²) in [7, 11) is 0. The average Bonchev–Trinajstić information content (AvgIpc) is 2.90. The number of nitrogens with zero attached hydrogens (tertiary/aromatic N) is 3. The predicted molar refractivity (Wildman–Crippen MR) is 80.9 cm³/mol. The van der Waals surface area contributed by atoms with Gasteiger partial charge in [0, 0.05) is 0 Å². The minimum atomic E-state index is -0.592. The van der Waals surface area contributed by atoms with E-state index in [1.807, 2.05) is 42.5 Å². The van der Waals surface area contributed by atoms with E-state index in [1.165, 1.54) is 0 Å². The molecule has 106 valence electrons. The number of carbonyl (C=O) groups excluding carboxylic acids is 1. The summed E-state index contributed by atoms with van der Waals surface area (Å²) >= 11 is 3.35. The van der Waals surface area contributed by atoms with Gasteiger partial charge >= 0.3 is 6.09 Å². The van der Waals surface area contributed by atoms with Gasteiger partial charge in [0.2, 0.25) is 0 Å². The van der Waals surface area contributed by atoms with Crippen molar-refractivity contribution in [3.05, 3.63) is 58.7 Å². The number of aromatic nitrogens is 3. The molecule has 0 saturated heterocycles. The zero-order valence-corrected chi connectivity index (χ0v) is 12.4. The zero-order chi connectivity index (χ0) is 14.7. The molecule has 1 amide bonds. The Morgan fingerprint density at radius 3 is 2.76 bits per heavy atom. The third kappa shape index (κ3) is 3.19. The van der Waals surface area contributed by atoms with Gasteiger partial charge in [0.1, 0.15) is 11.2 Å². The molecule has 0 spiro atoms. The Labute approximate surface area is 128 Å². The maximum absolute atomic E-state index is 11.7. The number of fused-ring (bicyclic) bond motifs is 1. The summed E-state index contributed by atoms with van der Waals surface area (Å²) in [5.41, 5.74) is 1.54. The number of halogens is 1. The van der Waals surface area contributed by atoms with Crippen LogP contribution in [0.3, 0.4) is 0 Å². The van der Waals surface area contributed by atoms with Crippen molar-refractivity contribution >= 4 is 33.6 Å². The van der Waals surface area contributed by atoms with Crippen molar-refractivity contribution in [1.29, 1.82) is 0 Å². The molecule has 0 aliphatic carbocycles. The highest BCUT2D eigenvalue weighted by molar-refractivity contribution is 9.10. The molecule has 0 aliphatic heterocycles. The Bertz CT molecular complexity index is 773. The van der Waals surface area contributed by atoms with Gasteiger partial charge in [-0.15, -0.1) is 5.10 Å². The van der Waals surface area contributed by atoms with Crippen molar-refractivity contribution in [3.8, 4) is 0 Å². The average molecular weight is 347 g/mol. The van der Waals surface area contributed by atoms with Crippen LogP contribution in [0.1, 0.15) is 5.56 Å². The van der Waals surface area contributed by atoms with Gasteiger partial charge < -0.3 is 4.74 Å². The maximum Gasteiger partial charge on any atom is 0.414 e. The highest BCUT2D eigenvalue weighted by Gasteiger charge is 2.10. The quantitative estimate of drug-likeness (QED) is 0.739. The van der Waals surface area contributed by atoms with Crippen molar-refractivity contribution in [2.45, 2.75) is 6.61 Å². The van der Waals surface area contributed by atoms with Crippen molar-refractivity contribution in [1.82, 2.24) is 14.6 Å². The second-order valence-electron chi connectivity index (χ2n) is 4.24. The normalized spacial score (nSPS) is 10.5. The first-order chi connectivity index (χ1) is 10.2. The standard InChI is InChI=1S/C14H11BrN4O2/c15-11-7-4-8-12-16-13(18-19(11)12)17-14(20)21-9-10-5-2-1-3-6-10/h1-8H,9H2,(H,17,18,20). The molecule has 0 radical (unpaired) electrons. The molecule has 1 aromatic carbocycles. The van der Waals surface area contributed by atoms with Crippen LogP contribution in [-0.2, 0) is 11.3 Å². The number of ether oxygens (including phenoxy) is 1. The topological polar surface area (TPSA) is 68.5 Å². The molecule has 7 heteroatoms. The fraction of sp³-hybridized carbons (Fsp3) is 0.0714. The minimum absolute atomic E-state index is 0.194. The number of rotatable bonds is 3. The first-order valence-electron chi connectivity index (χ1n) is 6.21. The molecule has 2 aromatic heterocycles. The molecule has 0 unspecified atom stereocenters. The van der Waals surface area contributed by atoms with E-state index in [4.69, 9.17) is 4.74 Å². The first kappa shape index (κ1) is 13.6. The van der Waals surface area contributed by atoms with Crippen LogP contribution in [0.15, 0.2) is 53.1 Å². The van der Waals surface area contributed by atoms with Crippen LogP contribution < -0.4 is 5.32 Å². The molecule has 2 heterocycles. The summed E-state index contributed by atoms with van der Waals surface area (Å²) in [6, 6.07) is 14.9. The third-order valence-electron chi connectivity index (χ3n) is 2.74. The lowest BCUT2D eigenvalue weighted by Gasteiger charge is -2.03. The van der Waals surface area contributed by atoms with E-state index in [0.29, 0.717) is 5.65 Å². The fourth-order valence-corrected chi connectivity index (χ4v) is 2.19. The summed E-state index contributed by atoms with van der Waals surface area (Å²) in [6.45, 7) is 0.198. The van der Waals surface area contributed by atoms with Gasteiger partial charge in [-0.05, 0) is 33.6 Å². The van der Waals surface area contributed by atoms with E-state index in [0.717, 1.165) is 10.2 Å². The molecule has 3 aromatic rings. The lowest BCUT2D eigenvalue weighted by molar-refractivity contribution is 0.155. The SMILES string of the molecule is O=C(Nc1nc2cccc(Br)n2n1)OCc1ccccc1. The van der Waals surface area contributed by atoms with Crippen molar-refractivity contribution < 1.29 is 9.53 Å². The second-order valence-corrected chi connectivity index (χ2v) is 5.05. The Balaban J connectivity index is 1.65. The minimum Gasteiger partial charge on any atom is -0.444 e. The molecule has 0 atom stereocenters. The van der Waals surface area contributed by atoms with Gasteiger partial charge in [-0.1, -0.05) is 36.4 Å². The van der Waals surface area contributed by atoms with Crippen LogP contribution in [0.5, 0.6) is 0 Å². The number of nitrogens with one attached hydrogen (secondary N) is 1. The molecular weight excluding hydrogens is 336 g/mol. The van der Waals surface area contributed by atoms with Crippen LogP contribution in [-0.4, -0.2) is 20.7 Å². The molecule has 0 saturated carbocycles. The number of hydrogen-bond donors (Lipinski definition) is 1. The molecule has 0 bridgehead atoms. The number of anilines is 1. The first-order valence-corrected chi connectivity index (χ1v) is 7.01. The molecule has 0 aliphatic rings. The Morgan fingerprint density at radius 2 is 2.00 bits per heavy atom. The highest BCUT2D eigenvalue weighted by Crippen LogP contribution is 2.13. The molecule has 1 N–H and O–H groups in total. The second kappa shape index (κ2) is 5.92. The molecule has 0 fully saturated rings. The summed E-state index contributed by atoms with van der Waals surface area (Å²) in [5.74, 6) is 0.194. The van der Waals surface area contributed by atoms with Gasteiger partial charge in [0.25, 0.3) is 5.95 Å². The van der Waals surface area contributed by atoms with E-state index in [-0.39, 0.29) is 12.6 Å². The summed E-state index contributed by atoms with van der Waals surface area (Å²) < 4.78 is 7.43. The number of pyridine rings is 1. The Hall–Kier alpha value is -2.41. The van der Waals surface area contributed by atoms with Crippen molar-refractivity contribution in [2.75, 3.05) is 5.32 Å². The lowest BCUT2D eigenvalue weighted by atomic mass is 10.2. The number of hydrogen-bond acceptors (Lipinski definition) is 4. The molecular formula is C14H11BrN4O2. The highest BCUT2D eigenvalue weighted by atomic mass is 79.9. The van der Waals surface area contributed by atoms with Crippen LogP contribution in [0, 0.1) is 0 Å². The van der Waals surface area contributed by atoms with Gasteiger partial charge in [-0.25, -0.2) is 9.31 Å². The van der Waals surface area contributed by atoms with E-state index in [9.17, 15) is 4.79 Å². The Kier molecular flexibility index (Phi) is 3.83. The fourth-order valence-electron chi connectivity index (χ4n) is 1.78. The van der Waals surface area contributed by atoms with Gasteiger partial charge in [0.15, 0.2) is 5.65 Å². The van der Waals surface area contributed by atoms with Crippen molar-refractivity contribution in [3.63, 3.8) is 0 Å². The van der Waals surface area contributed by atoms with E-state index >= 15 is 0 Å². The molecule has 3 rings (SSSR count).